The Hall–Kier alpha value is -0.370. The standard InChI is InChI=1S/C14H26O2/c1-6-16-14(12(15)13(3,4)5)9-7-11(2)8-10-14/h11H,6-10H2,1-5H3. The normalized spacial score (nSPS) is 31.4. The molecule has 0 unspecified atom stereocenters. The molecule has 1 aliphatic carbocycles. The Kier molecular flexibility index (Phi) is 4.17. The van der Waals surface area contributed by atoms with Crippen LogP contribution in [0.25, 0.3) is 0 Å². The maximum atomic E-state index is 12.5. The highest BCUT2D eigenvalue weighted by Gasteiger charge is 2.45. The summed E-state index contributed by atoms with van der Waals surface area (Å²) in [4.78, 5) is 12.5. The van der Waals surface area contributed by atoms with Crippen molar-refractivity contribution in [3.05, 3.63) is 0 Å². The maximum absolute atomic E-state index is 12.5. The predicted molar refractivity (Wildman–Crippen MR) is 66.5 cm³/mol. The molecule has 1 saturated carbocycles. The van der Waals surface area contributed by atoms with Gasteiger partial charge in [0.2, 0.25) is 0 Å². The lowest BCUT2D eigenvalue weighted by atomic mass is 9.70. The molecular weight excluding hydrogens is 200 g/mol. The van der Waals surface area contributed by atoms with Crippen LogP contribution in [0.15, 0.2) is 0 Å². The minimum atomic E-state index is -0.487. The highest BCUT2D eigenvalue weighted by molar-refractivity contribution is 5.91. The Morgan fingerprint density at radius 3 is 2.19 bits per heavy atom. The number of hydrogen-bond donors (Lipinski definition) is 0. The predicted octanol–water partition coefficient (Wildman–Crippen LogP) is 3.59. The Bertz CT molecular complexity index is 242. The molecule has 0 bridgehead atoms. The number of carbonyl (C=O) groups excluding carboxylic acids is 1. The largest absolute Gasteiger partial charge is 0.367 e. The van der Waals surface area contributed by atoms with Crippen molar-refractivity contribution in [2.75, 3.05) is 6.61 Å². The van der Waals surface area contributed by atoms with E-state index < -0.39 is 5.60 Å². The summed E-state index contributed by atoms with van der Waals surface area (Å²) >= 11 is 0. The van der Waals surface area contributed by atoms with Gasteiger partial charge in [-0.1, -0.05) is 27.7 Å². The first kappa shape index (κ1) is 13.7. The van der Waals surface area contributed by atoms with Crippen LogP contribution >= 0.6 is 0 Å². The van der Waals surface area contributed by atoms with Crippen molar-refractivity contribution < 1.29 is 9.53 Å². The Morgan fingerprint density at radius 1 is 1.31 bits per heavy atom. The van der Waals surface area contributed by atoms with Crippen LogP contribution < -0.4 is 0 Å². The summed E-state index contributed by atoms with van der Waals surface area (Å²) in [5, 5.41) is 0. The van der Waals surface area contributed by atoms with Gasteiger partial charge in [-0.05, 0) is 38.5 Å². The third kappa shape index (κ3) is 2.85. The Morgan fingerprint density at radius 2 is 1.81 bits per heavy atom. The number of carbonyl (C=O) groups is 1. The van der Waals surface area contributed by atoms with Crippen LogP contribution in [0.2, 0.25) is 0 Å². The molecule has 1 fully saturated rings. The van der Waals surface area contributed by atoms with Gasteiger partial charge in [-0.3, -0.25) is 4.79 Å². The van der Waals surface area contributed by atoms with E-state index in [1.165, 1.54) is 0 Å². The van der Waals surface area contributed by atoms with Gasteiger partial charge < -0.3 is 4.74 Å². The molecule has 0 saturated heterocycles. The molecule has 0 spiro atoms. The lowest BCUT2D eigenvalue weighted by Gasteiger charge is -2.41. The molecule has 0 amide bonds. The van der Waals surface area contributed by atoms with Crippen LogP contribution in [-0.2, 0) is 9.53 Å². The minimum absolute atomic E-state index is 0.286. The number of ketones is 1. The summed E-state index contributed by atoms with van der Waals surface area (Å²) in [6.45, 7) is 10.9. The molecule has 0 aliphatic heterocycles. The molecule has 1 rings (SSSR count). The minimum Gasteiger partial charge on any atom is -0.367 e. The molecule has 0 N–H and O–H groups in total. The summed E-state index contributed by atoms with van der Waals surface area (Å²) in [6, 6.07) is 0. The Balaban J connectivity index is 2.85. The molecule has 1 aliphatic rings. The van der Waals surface area contributed by atoms with Gasteiger partial charge in [0, 0.05) is 12.0 Å². The fourth-order valence-corrected chi connectivity index (χ4v) is 2.63. The van der Waals surface area contributed by atoms with E-state index in [9.17, 15) is 4.79 Å². The lowest BCUT2D eigenvalue weighted by molar-refractivity contribution is -0.158. The van der Waals surface area contributed by atoms with Crippen LogP contribution in [0.3, 0.4) is 0 Å². The van der Waals surface area contributed by atoms with Crippen molar-refractivity contribution in [3.8, 4) is 0 Å². The summed E-state index contributed by atoms with van der Waals surface area (Å²) in [6.07, 6.45) is 4.03. The molecular formula is C14H26O2. The van der Waals surface area contributed by atoms with Crippen LogP contribution in [-0.4, -0.2) is 18.0 Å². The number of rotatable bonds is 3. The first-order valence-electron chi connectivity index (χ1n) is 6.50. The van der Waals surface area contributed by atoms with Gasteiger partial charge >= 0.3 is 0 Å². The summed E-state index contributed by atoms with van der Waals surface area (Å²) < 4.78 is 5.86. The van der Waals surface area contributed by atoms with Gasteiger partial charge in [0.05, 0.1) is 0 Å². The molecule has 2 heteroatoms. The molecule has 0 atom stereocenters. The van der Waals surface area contributed by atoms with E-state index in [0.29, 0.717) is 6.61 Å². The van der Waals surface area contributed by atoms with Crippen molar-refractivity contribution in [2.24, 2.45) is 11.3 Å². The van der Waals surface area contributed by atoms with Gasteiger partial charge in [-0.2, -0.15) is 0 Å². The molecule has 0 aromatic carbocycles. The first-order chi connectivity index (χ1) is 7.32. The summed E-state index contributed by atoms with van der Waals surface area (Å²) in [5.74, 6) is 1.02. The van der Waals surface area contributed by atoms with E-state index in [-0.39, 0.29) is 11.2 Å². The molecule has 0 heterocycles. The van der Waals surface area contributed by atoms with Crippen molar-refractivity contribution in [1.29, 1.82) is 0 Å². The van der Waals surface area contributed by atoms with Crippen LogP contribution in [0, 0.1) is 11.3 Å². The van der Waals surface area contributed by atoms with Crippen molar-refractivity contribution in [3.63, 3.8) is 0 Å². The molecule has 0 radical (unpaired) electrons. The molecule has 2 nitrogen and oxygen atoms in total. The third-order valence-electron chi connectivity index (χ3n) is 3.60. The summed E-state index contributed by atoms with van der Waals surface area (Å²) in [5.41, 5.74) is -0.782. The van der Waals surface area contributed by atoms with E-state index in [4.69, 9.17) is 4.74 Å². The zero-order valence-electron chi connectivity index (χ0n) is 11.4. The second-order valence-corrected chi connectivity index (χ2v) is 6.19. The topological polar surface area (TPSA) is 26.3 Å². The average Bonchev–Trinajstić information content (AvgIpc) is 2.20. The maximum Gasteiger partial charge on any atom is 0.169 e. The van der Waals surface area contributed by atoms with Crippen LogP contribution in [0.4, 0.5) is 0 Å². The monoisotopic (exact) mass is 226 g/mol. The first-order valence-corrected chi connectivity index (χ1v) is 6.50. The van der Waals surface area contributed by atoms with Gasteiger partial charge in [0.25, 0.3) is 0 Å². The zero-order chi connectivity index (χ0) is 12.4. The lowest BCUT2D eigenvalue weighted by Crippen LogP contribution is -2.49. The van der Waals surface area contributed by atoms with Crippen molar-refractivity contribution >= 4 is 5.78 Å². The smallest absolute Gasteiger partial charge is 0.169 e. The fraction of sp³-hybridized carbons (Fsp3) is 0.929. The van der Waals surface area contributed by atoms with E-state index in [1.807, 2.05) is 27.7 Å². The van der Waals surface area contributed by atoms with E-state index in [1.54, 1.807) is 0 Å². The van der Waals surface area contributed by atoms with E-state index in [0.717, 1.165) is 31.6 Å². The van der Waals surface area contributed by atoms with E-state index in [2.05, 4.69) is 6.92 Å². The Labute approximate surface area is 99.8 Å². The van der Waals surface area contributed by atoms with Crippen LogP contribution in [0.5, 0.6) is 0 Å². The summed E-state index contributed by atoms with van der Waals surface area (Å²) in [7, 11) is 0. The zero-order valence-corrected chi connectivity index (χ0v) is 11.4. The highest BCUT2D eigenvalue weighted by Crippen LogP contribution is 2.39. The molecule has 0 aromatic heterocycles. The van der Waals surface area contributed by atoms with Gasteiger partial charge in [0.1, 0.15) is 5.60 Å². The van der Waals surface area contributed by atoms with Gasteiger partial charge in [-0.25, -0.2) is 0 Å². The quantitative estimate of drug-likeness (QED) is 0.735. The molecule has 94 valence electrons. The van der Waals surface area contributed by atoms with E-state index >= 15 is 0 Å². The second-order valence-electron chi connectivity index (χ2n) is 6.19. The van der Waals surface area contributed by atoms with Gasteiger partial charge in [-0.15, -0.1) is 0 Å². The van der Waals surface area contributed by atoms with Crippen LogP contribution in [0.1, 0.15) is 60.3 Å². The highest BCUT2D eigenvalue weighted by atomic mass is 16.5. The molecule has 16 heavy (non-hydrogen) atoms. The number of Topliss-reactive ketones (excluding diaryl/α,β-unsaturated/α-hetero) is 1. The third-order valence-corrected chi connectivity index (χ3v) is 3.60. The number of hydrogen-bond acceptors (Lipinski definition) is 2. The average molecular weight is 226 g/mol. The number of ether oxygens (including phenoxy) is 1. The molecule has 0 aromatic rings. The second kappa shape index (κ2) is 4.87. The SMILES string of the molecule is CCOC1(C(=O)C(C)(C)C)CCC(C)CC1. The van der Waals surface area contributed by atoms with Gasteiger partial charge in [0.15, 0.2) is 5.78 Å². The van der Waals surface area contributed by atoms with Crippen molar-refractivity contribution in [2.45, 2.75) is 65.9 Å². The van der Waals surface area contributed by atoms with Crippen molar-refractivity contribution in [1.82, 2.24) is 0 Å². The fourth-order valence-electron chi connectivity index (χ4n) is 2.63.